The van der Waals surface area contributed by atoms with Gasteiger partial charge in [0.1, 0.15) is 0 Å². The van der Waals surface area contributed by atoms with Crippen LogP contribution in [0.4, 0.5) is 9.59 Å². The second kappa shape index (κ2) is 13.3. The Kier molecular flexibility index (Phi) is 9.12. The van der Waals surface area contributed by atoms with E-state index in [4.69, 9.17) is 14.0 Å². The number of Topliss-reactive ketones (excluding diaryl/α,β-unsaturated/α-hetero) is 1. The number of ketones is 1. The van der Waals surface area contributed by atoms with Crippen LogP contribution in [-0.4, -0.2) is 40.0 Å². The molecule has 250 valence electrons. The number of nitrogens with zero attached hydrogens (tertiary/aromatic N) is 2. The number of hydrogen-bond acceptors (Lipinski definition) is 6. The second-order valence-electron chi connectivity index (χ2n) is 12.3. The normalized spacial score (nSPS) is 18.8. The fourth-order valence-electron chi connectivity index (χ4n) is 6.52. The van der Waals surface area contributed by atoms with Crippen molar-refractivity contribution in [2.24, 2.45) is 0 Å². The SMILES string of the molecule is CC(C)OC(=O)N1N(C(=O)OC(C)C)P(c2ccccc2)(c2ccccc2)(c2ccccc2)OC1(C(=O)c1ccccc1)c1ccccc1. The van der Waals surface area contributed by atoms with Crippen LogP contribution in [0.1, 0.15) is 43.6 Å². The van der Waals surface area contributed by atoms with Crippen LogP contribution in [0, 0.1) is 0 Å². The van der Waals surface area contributed by atoms with Crippen molar-refractivity contribution in [2.45, 2.75) is 45.6 Å². The van der Waals surface area contributed by atoms with Gasteiger partial charge in [-0.25, -0.2) is 0 Å². The summed E-state index contributed by atoms with van der Waals surface area (Å²) in [6.45, 7) is 1.82. The molecule has 1 saturated heterocycles. The molecule has 8 nitrogen and oxygen atoms in total. The molecule has 9 heteroatoms. The van der Waals surface area contributed by atoms with Crippen LogP contribution in [0.2, 0.25) is 0 Å². The van der Waals surface area contributed by atoms with E-state index in [9.17, 15) is 4.79 Å². The van der Waals surface area contributed by atoms with Crippen LogP contribution in [0.25, 0.3) is 0 Å². The number of benzene rings is 5. The van der Waals surface area contributed by atoms with Crippen LogP contribution in [0.3, 0.4) is 0 Å². The fraction of sp³-hybridized carbons (Fsp3) is 0.175. The molecule has 1 atom stereocenters. The predicted octanol–water partition coefficient (Wildman–Crippen LogP) is 7.72. The first-order valence-corrected chi connectivity index (χ1v) is 18.3. The fourth-order valence-corrected chi connectivity index (χ4v) is 12.3. The molecule has 1 heterocycles. The molecule has 0 N–H and O–H groups in total. The third-order valence-electron chi connectivity index (χ3n) is 8.38. The van der Waals surface area contributed by atoms with Crippen LogP contribution in [-0.2, 0) is 19.7 Å². The van der Waals surface area contributed by atoms with Gasteiger partial charge < -0.3 is 0 Å². The van der Waals surface area contributed by atoms with Gasteiger partial charge in [-0.1, -0.05) is 0 Å². The summed E-state index contributed by atoms with van der Waals surface area (Å²) in [6, 6.07) is 45.3. The van der Waals surface area contributed by atoms with Gasteiger partial charge in [0, 0.05) is 0 Å². The molecule has 1 aliphatic heterocycles. The van der Waals surface area contributed by atoms with Crippen molar-refractivity contribution in [1.29, 1.82) is 0 Å². The number of hydrazine groups is 1. The molecule has 5 aromatic carbocycles. The first kappa shape index (κ1) is 33.6. The van der Waals surface area contributed by atoms with E-state index in [1.54, 1.807) is 82.3 Å². The van der Waals surface area contributed by atoms with Crippen LogP contribution in [0.5, 0.6) is 0 Å². The third kappa shape index (κ3) is 5.28. The van der Waals surface area contributed by atoms with Gasteiger partial charge in [0.2, 0.25) is 0 Å². The molecule has 0 radical (unpaired) electrons. The zero-order valence-electron chi connectivity index (χ0n) is 27.9. The molecule has 0 saturated carbocycles. The molecule has 0 bridgehead atoms. The summed E-state index contributed by atoms with van der Waals surface area (Å²) in [5, 5.41) is 2.76. The van der Waals surface area contributed by atoms with Gasteiger partial charge in [0.25, 0.3) is 0 Å². The van der Waals surface area contributed by atoms with Crippen LogP contribution in [0.15, 0.2) is 152 Å². The Bertz CT molecular complexity index is 1830. The van der Waals surface area contributed by atoms with Crippen LogP contribution < -0.4 is 15.9 Å². The average Bonchev–Trinajstić information content (AvgIpc) is 3.45. The zero-order valence-corrected chi connectivity index (χ0v) is 28.8. The molecule has 2 amide bonds. The summed E-state index contributed by atoms with van der Waals surface area (Å²) in [5.41, 5.74) is -1.69. The van der Waals surface area contributed by atoms with Crippen molar-refractivity contribution in [2.75, 3.05) is 0 Å². The van der Waals surface area contributed by atoms with E-state index in [0.29, 0.717) is 21.5 Å². The average molecular weight is 675 g/mol. The van der Waals surface area contributed by atoms with E-state index in [1.165, 1.54) is 4.78 Å². The molecular formula is C40H39N2O6P. The molecule has 1 aliphatic rings. The van der Waals surface area contributed by atoms with E-state index in [2.05, 4.69) is 0 Å². The topological polar surface area (TPSA) is 85.4 Å². The van der Waals surface area contributed by atoms with Gasteiger partial charge in [-0.2, -0.15) is 0 Å². The summed E-state index contributed by atoms with van der Waals surface area (Å²) in [5.74, 6) is -0.573. The van der Waals surface area contributed by atoms with E-state index in [0.717, 1.165) is 5.01 Å². The minimum absolute atomic E-state index is 0.263. The number of amides is 2. The molecular weight excluding hydrogens is 635 g/mol. The van der Waals surface area contributed by atoms with Crippen molar-refractivity contribution < 1.29 is 28.4 Å². The van der Waals surface area contributed by atoms with Crippen molar-refractivity contribution in [3.8, 4) is 0 Å². The Morgan fingerprint density at radius 3 is 1.33 bits per heavy atom. The van der Waals surface area contributed by atoms with Gasteiger partial charge >= 0.3 is 287 Å². The van der Waals surface area contributed by atoms with Crippen molar-refractivity contribution in [3.63, 3.8) is 0 Å². The minimum atomic E-state index is -5.05. The molecule has 1 fully saturated rings. The second-order valence-corrected chi connectivity index (χ2v) is 16.4. The Morgan fingerprint density at radius 2 is 0.918 bits per heavy atom. The zero-order chi connectivity index (χ0) is 34.7. The van der Waals surface area contributed by atoms with Crippen molar-refractivity contribution in [1.82, 2.24) is 9.79 Å². The molecule has 6 rings (SSSR count). The Hall–Kier alpha value is -5.30. The molecule has 5 aromatic rings. The quantitative estimate of drug-likeness (QED) is 0.124. The maximum atomic E-state index is 15.6. The number of carbonyl (C=O) groups excluding carboxylic acids is 3. The van der Waals surface area contributed by atoms with E-state index in [-0.39, 0.29) is 5.56 Å². The van der Waals surface area contributed by atoms with Crippen molar-refractivity contribution >= 4 is 40.9 Å². The van der Waals surface area contributed by atoms with E-state index in [1.807, 2.05) is 97.1 Å². The standard InChI is InChI=1S/C40H39N2O6P/c1-30(2)46-38(44)41-40(33-22-12-6-13-23-33,37(43)32-20-10-5-11-21-32)48-49(34-24-14-7-15-25-34,35-26-16-8-17-27-35,36-28-18-9-19-29-36)42(41)39(45)47-31(3)4/h5-31H,1-4H3. The van der Waals surface area contributed by atoms with Gasteiger partial charge in [0.15, 0.2) is 0 Å². The first-order valence-electron chi connectivity index (χ1n) is 16.2. The molecule has 0 spiro atoms. The molecule has 49 heavy (non-hydrogen) atoms. The number of ether oxygens (including phenoxy) is 2. The maximum absolute atomic E-state index is 15.6. The summed E-state index contributed by atoms with van der Waals surface area (Å²) in [4.78, 5) is 45.7. The van der Waals surface area contributed by atoms with Gasteiger partial charge in [-0.15, -0.1) is 0 Å². The summed E-state index contributed by atoms with van der Waals surface area (Å²) < 4.78 is 21.1. The Labute approximate surface area is 286 Å². The first-order chi connectivity index (χ1) is 23.7. The van der Waals surface area contributed by atoms with Crippen LogP contribution >= 0.6 is 6.98 Å². The van der Waals surface area contributed by atoms with E-state index < -0.39 is 42.9 Å². The molecule has 0 aromatic heterocycles. The summed E-state index contributed by atoms with van der Waals surface area (Å²) >= 11 is 0. The number of carbonyl (C=O) groups is 3. The Balaban J connectivity index is 1.91. The third-order valence-corrected chi connectivity index (χ3v) is 13.8. The predicted molar refractivity (Wildman–Crippen MR) is 192 cm³/mol. The van der Waals surface area contributed by atoms with Gasteiger partial charge in [-0.05, 0) is 0 Å². The summed E-state index contributed by atoms with van der Waals surface area (Å²) in [7, 11) is 0. The Morgan fingerprint density at radius 1 is 0.551 bits per heavy atom. The molecule has 0 aliphatic carbocycles. The van der Waals surface area contributed by atoms with Crippen molar-refractivity contribution in [3.05, 3.63) is 163 Å². The number of hydrogen-bond donors (Lipinski definition) is 0. The van der Waals surface area contributed by atoms with E-state index >= 15 is 9.59 Å². The molecule has 1 unspecified atom stereocenters. The summed E-state index contributed by atoms with van der Waals surface area (Å²) in [6.07, 6.45) is -3.06. The monoisotopic (exact) mass is 674 g/mol. The number of rotatable bonds is 8. The van der Waals surface area contributed by atoms with Gasteiger partial charge in [-0.3, -0.25) is 0 Å². The van der Waals surface area contributed by atoms with Gasteiger partial charge in [0.05, 0.1) is 0 Å².